The van der Waals surface area contributed by atoms with Crippen molar-refractivity contribution in [3.63, 3.8) is 0 Å². The van der Waals surface area contributed by atoms with Crippen LogP contribution in [0.3, 0.4) is 0 Å². The zero-order chi connectivity index (χ0) is 21.1. The van der Waals surface area contributed by atoms with Crippen LogP contribution in [0.1, 0.15) is 22.7 Å². The maximum absolute atomic E-state index is 14.7. The van der Waals surface area contributed by atoms with Crippen LogP contribution in [-0.2, 0) is 6.54 Å². The van der Waals surface area contributed by atoms with Gasteiger partial charge in [0.2, 0.25) is 0 Å². The van der Waals surface area contributed by atoms with E-state index in [4.69, 9.17) is 9.47 Å². The van der Waals surface area contributed by atoms with Gasteiger partial charge in [0, 0.05) is 35.0 Å². The summed E-state index contributed by atoms with van der Waals surface area (Å²) in [5.74, 6) is 1.04. The van der Waals surface area contributed by atoms with E-state index in [-0.39, 0.29) is 18.3 Å². The number of anilines is 1. The van der Waals surface area contributed by atoms with Crippen molar-refractivity contribution in [2.75, 3.05) is 18.5 Å². The summed E-state index contributed by atoms with van der Waals surface area (Å²) in [6.45, 7) is 2.60. The Bertz CT molecular complexity index is 1350. The molecule has 0 unspecified atom stereocenters. The van der Waals surface area contributed by atoms with Gasteiger partial charge in [-0.2, -0.15) is 0 Å². The highest BCUT2D eigenvalue weighted by Gasteiger charge is 2.31. The number of aromatic nitrogens is 4. The molecule has 0 radical (unpaired) electrons. The maximum Gasteiger partial charge on any atom is 0.170 e. The number of rotatable bonds is 1. The van der Waals surface area contributed by atoms with Gasteiger partial charge in [-0.3, -0.25) is 9.38 Å². The van der Waals surface area contributed by atoms with Crippen LogP contribution in [0.5, 0.6) is 11.5 Å². The third kappa shape index (κ3) is 2.73. The van der Waals surface area contributed by atoms with Gasteiger partial charge < -0.3 is 14.8 Å². The molecule has 0 saturated carbocycles. The average molecular weight is 421 g/mol. The fraction of sp³-hybridized carbons (Fsp3) is 0.227. The quantitative estimate of drug-likeness (QED) is 0.503. The minimum Gasteiger partial charge on any atom is -0.493 e. The van der Waals surface area contributed by atoms with E-state index >= 15 is 0 Å². The summed E-state index contributed by atoms with van der Waals surface area (Å²) < 4.78 is 42.5. The lowest BCUT2D eigenvalue weighted by atomic mass is 9.96. The maximum atomic E-state index is 14.7. The second-order valence-electron chi connectivity index (χ2n) is 7.70. The highest BCUT2D eigenvalue weighted by Crippen LogP contribution is 2.41. The number of fused-ring (bicyclic) bond motifs is 3. The molecule has 31 heavy (non-hydrogen) atoms. The van der Waals surface area contributed by atoms with E-state index in [2.05, 4.69) is 20.5 Å². The molecule has 0 bridgehead atoms. The molecule has 2 aliphatic heterocycles. The van der Waals surface area contributed by atoms with Gasteiger partial charge in [-0.05, 0) is 31.2 Å². The van der Waals surface area contributed by atoms with E-state index in [0.29, 0.717) is 58.6 Å². The number of aryl methyl sites for hydroxylation is 1. The van der Waals surface area contributed by atoms with Gasteiger partial charge in [-0.1, -0.05) is 0 Å². The van der Waals surface area contributed by atoms with E-state index in [1.165, 1.54) is 12.1 Å². The summed E-state index contributed by atoms with van der Waals surface area (Å²) in [6, 6.07) is 6.30. The molecule has 0 aliphatic carbocycles. The Hall–Kier alpha value is -3.75. The fourth-order valence-corrected chi connectivity index (χ4v) is 4.25. The monoisotopic (exact) mass is 421 g/mol. The summed E-state index contributed by atoms with van der Waals surface area (Å²) in [4.78, 5) is 4.13. The number of pyridine rings is 2. The molecule has 7 nitrogen and oxygen atoms in total. The van der Waals surface area contributed by atoms with Crippen molar-refractivity contribution in [2.45, 2.75) is 19.4 Å². The number of nitrogens with one attached hydrogen (secondary N) is 1. The highest BCUT2D eigenvalue weighted by molar-refractivity contribution is 5.81. The van der Waals surface area contributed by atoms with Gasteiger partial charge in [0.05, 0.1) is 24.8 Å². The molecular weight excluding hydrogens is 404 g/mol. The summed E-state index contributed by atoms with van der Waals surface area (Å²) >= 11 is 0. The summed E-state index contributed by atoms with van der Waals surface area (Å²) in [5, 5.41) is 11.5. The molecule has 0 spiro atoms. The first-order valence-corrected chi connectivity index (χ1v) is 9.90. The van der Waals surface area contributed by atoms with Gasteiger partial charge in [0.1, 0.15) is 23.7 Å². The third-order valence-corrected chi connectivity index (χ3v) is 5.86. The molecule has 3 aromatic heterocycles. The van der Waals surface area contributed by atoms with Crippen LogP contribution < -0.4 is 14.8 Å². The van der Waals surface area contributed by atoms with Crippen LogP contribution in [0.4, 0.5) is 14.6 Å². The van der Waals surface area contributed by atoms with Crippen LogP contribution in [0, 0.1) is 18.6 Å². The molecule has 1 aromatic carbocycles. The number of benzene rings is 1. The van der Waals surface area contributed by atoms with Crippen molar-refractivity contribution >= 4 is 11.5 Å². The Balaban J connectivity index is 1.52. The van der Waals surface area contributed by atoms with Crippen LogP contribution in [-0.4, -0.2) is 32.8 Å². The Labute approximate surface area is 175 Å². The van der Waals surface area contributed by atoms with Crippen molar-refractivity contribution in [3.8, 4) is 22.6 Å². The lowest BCUT2D eigenvalue weighted by Gasteiger charge is -2.16. The molecular formula is C22H17F2N5O2. The van der Waals surface area contributed by atoms with Crippen molar-refractivity contribution in [1.29, 1.82) is 0 Å². The molecule has 0 fully saturated rings. The lowest BCUT2D eigenvalue weighted by molar-refractivity contribution is 0.249. The van der Waals surface area contributed by atoms with Crippen LogP contribution in [0.2, 0.25) is 0 Å². The zero-order valence-corrected chi connectivity index (χ0v) is 16.5. The highest BCUT2D eigenvalue weighted by atomic mass is 19.1. The number of ether oxygens (including phenoxy) is 2. The molecule has 6 rings (SSSR count). The molecule has 5 heterocycles. The van der Waals surface area contributed by atoms with Gasteiger partial charge in [-0.25, -0.2) is 8.78 Å². The molecule has 9 heteroatoms. The zero-order valence-electron chi connectivity index (χ0n) is 16.5. The number of hydrogen-bond donors (Lipinski definition) is 1. The number of halogens is 2. The molecule has 156 valence electrons. The minimum atomic E-state index is -0.403. The Morgan fingerprint density at radius 3 is 2.77 bits per heavy atom. The van der Waals surface area contributed by atoms with Crippen molar-refractivity contribution < 1.29 is 18.3 Å². The molecule has 0 amide bonds. The van der Waals surface area contributed by atoms with E-state index in [9.17, 15) is 8.78 Å². The Morgan fingerprint density at radius 2 is 1.94 bits per heavy atom. The Kier molecular flexibility index (Phi) is 3.86. The van der Waals surface area contributed by atoms with Gasteiger partial charge >= 0.3 is 0 Å². The molecule has 1 N–H and O–H groups in total. The summed E-state index contributed by atoms with van der Waals surface area (Å²) in [7, 11) is 0. The first kappa shape index (κ1) is 18.1. The van der Waals surface area contributed by atoms with Crippen molar-refractivity contribution in [1.82, 2.24) is 19.6 Å². The van der Waals surface area contributed by atoms with Crippen molar-refractivity contribution in [2.24, 2.45) is 0 Å². The summed E-state index contributed by atoms with van der Waals surface area (Å²) in [6.07, 6.45) is 3.14. The summed E-state index contributed by atoms with van der Waals surface area (Å²) in [5.41, 5.74) is 3.43. The predicted molar refractivity (Wildman–Crippen MR) is 108 cm³/mol. The number of nitrogens with zero attached hydrogens (tertiary/aromatic N) is 4. The van der Waals surface area contributed by atoms with E-state index in [0.717, 1.165) is 5.56 Å². The second-order valence-corrected chi connectivity index (χ2v) is 7.70. The fourth-order valence-electron chi connectivity index (χ4n) is 4.25. The van der Waals surface area contributed by atoms with Crippen LogP contribution in [0.15, 0.2) is 36.8 Å². The second kappa shape index (κ2) is 6.63. The van der Waals surface area contributed by atoms with Gasteiger partial charge in [0.25, 0.3) is 0 Å². The van der Waals surface area contributed by atoms with E-state index in [1.54, 1.807) is 36.0 Å². The molecule has 0 saturated heterocycles. The minimum absolute atomic E-state index is 0.0907. The lowest BCUT2D eigenvalue weighted by Crippen LogP contribution is -2.13. The van der Waals surface area contributed by atoms with Gasteiger partial charge in [0.15, 0.2) is 17.2 Å². The SMILES string of the molecule is Cc1ncc(-c2cc3c(n4cnnc24)NCc2c(F)ccc4c2[C@@H](CO4)CO3)cc1F. The normalized spacial score (nSPS) is 16.9. The smallest absolute Gasteiger partial charge is 0.170 e. The third-order valence-electron chi connectivity index (χ3n) is 5.86. The topological polar surface area (TPSA) is 73.6 Å². The first-order valence-electron chi connectivity index (χ1n) is 9.90. The average Bonchev–Trinajstić information content (AvgIpc) is 3.41. The van der Waals surface area contributed by atoms with Crippen molar-refractivity contribution in [3.05, 3.63) is 65.2 Å². The largest absolute Gasteiger partial charge is 0.493 e. The van der Waals surface area contributed by atoms with Gasteiger partial charge in [-0.15, -0.1) is 10.2 Å². The van der Waals surface area contributed by atoms with Crippen LogP contribution in [0.25, 0.3) is 16.8 Å². The van der Waals surface area contributed by atoms with E-state index in [1.807, 2.05) is 0 Å². The molecule has 1 atom stereocenters. The van der Waals surface area contributed by atoms with Crippen LogP contribution >= 0.6 is 0 Å². The molecule has 2 aliphatic rings. The predicted octanol–water partition coefficient (Wildman–Crippen LogP) is 3.86. The first-order chi connectivity index (χ1) is 15.1. The molecule has 4 aromatic rings. The Morgan fingerprint density at radius 1 is 1.10 bits per heavy atom. The number of hydrogen-bond acceptors (Lipinski definition) is 6. The van der Waals surface area contributed by atoms with E-state index < -0.39 is 5.82 Å². The standard InChI is InChI=1S/C22H17F2N5O2/c1-11-17(24)4-12(6-25-11)14-5-19-22(29-10-27-28-21(14)29)26-7-15-16(23)2-3-18-20(15)13(8-30-18)9-31-19/h2-6,10,13,26H,7-9H2,1H3/t13-/m0/s1.